The van der Waals surface area contributed by atoms with Gasteiger partial charge in [-0.2, -0.15) is 0 Å². The van der Waals surface area contributed by atoms with Crippen molar-refractivity contribution in [1.82, 2.24) is 25.4 Å². The number of aromatic nitrogens is 3. The number of nitrogens with zero attached hydrogens (tertiary/aromatic N) is 4. The van der Waals surface area contributed by atoms with Crippen LogP contribution in [0, 0.1) is 0 Å². The van der Waals surface area contributed by atoms with Crippen molar-refractivity contribution in [2.75, 3.05) is 13.1 Å². The van der Waals surface area contributed by atoms with Crippen molar-refractivity contribution in [3.63, 3.8) is 0 Å². The van der Waals surface area contributed by atoms with Gasteiger partial charge in [0.05, 0.1) is 6.04 Å². The molecule has 0 aliphatic carbocycles. The highest BCUT2D eigenvalue weighted by molar-refractivity contribution is 5.87. The van der Waals surface area contributed by atoms with E-state index in [-0.39, 0.29) is 6.04 Å². The average Bonchev–Trinajstić information content (AvgIpc) is 3.01. The minimum atomic E-state index is 0.163. The Bertz CT molecular complexity index is 1020. The summed E-state index contributed by atoms with van der Waals surface area (Å²) in [5.41, 5.74) is 1.29. The van der Waals surface area contributed by atoms with Crippen LogP contribution in [0.25, 0.3) is 10.8 Å². The summed E-state index contributed by atoms with van der Waals surface area (Å²) in [4.78, 5) is 4.83. The van der Waals surface area contributed by atoms with Crippen molar-refractivity contribution in [1.29, 1.82) is 0 Å². The predicted octanol–water partition coefficient (Wildman–Crippen LogP) is 4.41. The largest absolute Gasteiger partial charge is 0.357 e. The zero-order valence-electron chi connectivity index (χ0n) is 18.8. The van der Waals surface area contributed by atoms with Gasteiger partial charge in [-0.1, -0.05) is 48.9 Å². The molecule has 1 aliphatic heterocycles. The van der Waals surface area contributed by atoms with E-state index < -0.39 is 0 Å². The molecule has 164 valence electrons. The summed E-state index contributed by atoms with van der Waals surface area (Å²) in [6.07, 6.45) is 6.71. The third kappa shape index (κ3) is 5.24. The SMILES string of the molecule is CCNC(=NCCCc1nnc2n1CCCCC2)NC(C)c1cccc2ccccc12. The average molecular weight is 419 g/mol. The first kappa shape index (κ1) is 21.3. The molecule has 6 heteroatoms. The molecule has 1 unspecified atom stereocenters. The van der Waals surface area contributed by atoms with Crippen molar-refractivity contribution < 1.29 is 0 Å². The summed E-state index contributed by atoms with van der Waals surface area (Å²) in [5, 5.41) is 18.4. The first-order valence-electron chi connectivity index (χ1n) is 11.7. The molecule has 0 fully saturated rings. The Hall–Kier alpha value is -2.89. The minimum Gasteiger partial charge on any atom is -0.357 e. The summed E-state index contributed by atoms with van der Waals surface area (Å²) in [6.45, 7) is 6.96. The fourth-order valence-electron chi connectivity index (χ4n) is 4.39. The van der Waals surface area contributed by atoms with E-state index in [2.05, 4.69) is 81.7 Å². The molecule has 0 bridgehead atoms. The van der Waals surface area contributed by atoms with Gasteiger partial charge in [-0.25, -0.2) is 0 Å². The maximum Gasteiger partial charge on any atom is 0.191 e. The van der Waals surface area contributed by atoms with E-state index in [9.17, 15) is 0 Å². The van der Waals surface area contributed by atoms with E-state index >= 15 is 0 Å². The van der Waals surface area contributed by atoms with Gasteiger partial charge >= 0.3 is 0 Å². The standard InChI is InChI=1S/C25H34N6/c1-3-26-25(28-19(2)21-14-9-12-20-11-6-7-13-22(20)21)27-17-10-16-24-30-29-23-15-5-4-8-18-31(23)24/h6-7,9,11-14,19H,3-5,8,10,15-18H2,1-2H3,(H2,26,27,28). The third-order valence-corrected chi connectivity index (χ3v) is 6.00. The number of hydrogen-bond acceptors (Lipinski definition) is 3. The quantitative estimate of drug-likeness (QED) is 0.339. The number of benzene rings is 2. The fourth-order valence-corrected chi connectivity index (χ4v) is 4.39. The molecular formula is C25H34N6. The van der Waals surface area contributed by atoms with Gasteiger partial charge in [0.2, 0.25) is 0 Å². The monoisotopic (exact) mass is 418 g/mol. The topological polar surface area (TPSA) is 67.1 Å². The second-order valence-corrected chi connectivity index (χ2v) is 8.29. The van der Waals surface area contributed by atoms with Gasteiger partial charge in [-0.05, 0) is 49.4 Å². The van der Waals surface area contributed by atoms with Crippen LogP contribution in [0.15, 0.2) is 47.5 Å². The van der Waals surface area contributed by atoms with Gasteiger partial charge in [0, 0.05) is 32.5 Å². The molecule has 0 radical (unpaired) electrons. The van der Waals surface area contributed by atoms with Crippen LogP contribution in [0.3, 0.4) is 0 Å². The molecule has 0 saturated heterocycles. The number of hydrogen-bond donors (Lipinski definition) is 2. The van der Waals surface area contributed by atoms with Crippen LogP contribution >= 0.6 is 0 Å². The Morgan fingerprint density at radius 1 is 1.10 bits per heavy atom. The Morgan fingerprint density at radius 3 is 2.87 bits per heavy atom. The minimum absolute atomic E-state index is 0.163. The van der Waals surface area contributed by atoms with Crippen LogP contribution in [-0.4, -0.2) is 33.8 Å². The molecule has 2 aromatic carbocycles. The molecule has 3 aromatic rings. The molecule has 0 amide bonds. The Kier molecular flexibility index (Phi) is 7.18. The lowest BCUT2D eigenvalue weighted by atomic mass is 10.00. The lowest BCUT2D eigenvalue weighted by molar-refractivity contribution is 0.597. The number of aliphatic imine (C=N–C) groups is 1. The summed E-state index contributed by atoms with van der Waals surface area (Å²) in [7, 11) is 0. The highest BCUT2D eigenvalue weighted by Gasteiger charge is 2.14. The van der Waals surface area contributed by atoms with Crippen molar-refractivity contribution >= 4 is 16.7 Å². The van der Waals surface area contributed by atoms with Crippen LogP contribution in [0.4, 0.5) is 0 Å². The van der Waals surface area contributed by atoms with Gasteiger partial charge in [0.15, 0.2) is 5.96 Å². The number of nitrogens with one attached hydrogen (secondary N) is 2. The zero-order chi connectivity index (χ0) is 21.5. The molecule has 4 rings (SSSR count). The second-order valence-electron chi connectivity index (χ2n) is 8.29. The molecule has 6 nitrogen and oxygen atoms in total. The number of fused-ring (bicyclic) bond motifs is 2. The van der Waals surface area contributed by atoms with E-state index in [4.69, 9.17) is 4.99 Å². The lowest BCUT2D eigenvalue weighted by Gasteiger charge is -2.20. The Labute approximate surface area is 185 Å². The first-order valence-corrected chi connectivity index (χ1v) is 11.7. The molecule has 1 aromatic heterocycles. The number of aryl methyl sites for hydroxylation is 2. The molecule has 31 heavy (non-hydrogen) atoms. The van der Waals surface area contributed by atoms with Crippen LogP contribution in [0.1, 0.15) is 62.8 Å². The van der Waals surface area contributed by atoms with Gasteiger partial charge in [-0.15, -0.1) is 10.2 Å². The maximum atomic E-state index is 4.83. The summed E-state index contributed by atoms with van der Waals surface area (Å²) < 4.78 is 2.34. The van der Waals surface area contributed by atoms with Crippen molar-refractivity contribution in [2.24, 2.45) is 4.99 Å². The van der Waals surface area contributed by atoms with Crippen LogP contribution < -0.4 is 10.6 Å². The highest BCUT2D eigenvalue weighted by atomic mass is 15.3. The molecule has 0 saturated carbocycles. The predicted molar refractivity (Wildman–Crippen MR) is 127 cm³/mol. The van der Waals surface area contributed by atoms with E-state index in [0.717, 1.165) is 56.5 Å². The zero-order valence-corrected chi connectivity index (χ0v) is 18.8. The lowest BCUT2D eigenvalue weighted by Crippen LogP contribution is -2.38. The Morgan fingerprint density at radius 2 is 1.97 bits per heavy atom. The summed E-state index contributed by atoms with van der Waals surface area (Å²) in [5.74, 6) is 3.15. The third-order valence-electron chi connectivity index (χ3n) is 6.00. The van der Waals surface area contributed by atoms with Crippen LogP contribution in [0.2, 0.25) is 0 Å². The summed E-state index contributed by atoms with van der Waals surface area (Å²) >= 11 is 0. The highest BCUT2D eigenvalue weighted by Crippen LogP contribution is 2.24. The molecule has 0 spiro atoms. The molecule has 1 atom stereocenters. The van der Waals surface area contributed by atoms with Crippen molar-refractivity contribution in [2.45, 2.75) is 65.0 Å². The van der Waals surface area contributed by atoms with Gasteiger partial charge in [-0.3, -0.25) is 4.99 Å². The van der Waals surface area contributed by atoms with E-state index in [1.165, 1.54) is 35.6 Å². The normalized spacial score (nSPS) is 15.4. The van der Waals surface area contributed by atoms with E-state index in [0.29, 0.717) is 0 Å². The van der Waals surface area contributed by atoms with Crippen LogP contribution in [-0.2, 0) is 19.4 Å². The van der Waals surface area contributed by atoms with Gasteiger partial charge < -0.3 is 15.2 Å². The van der Waals surface area contributed by atoms with Crippen LogP contribution in [0.5, 0.6) is 0 Å². The fraction of sp³-hybridized carbons (Fsp3) is 0.480. The van der Waals surface area contributed by atoms with E-state index in [1.54, 1.807) is 0 Å². The number of rotatable bonds is 7. The van der Waals surface area contributed by atoms with Crippen molar-refractivity contribution in [3.05, 3.63) is 59.7 Å². The first-order chi connectivity index (χ1) is 15.3. The van der Waals surface area contributed by atoms with Gasteiger partial charge in [0.25, 0.3) is 0 Å². The van der Waals surface area contributed by atoms with Gasteiger partial charge in [0.1, 0.15) is 11.6 Å². The summed E-state index contributed by atoms with van der Waals surface area (Å²) in [6, 6.07) is 15.2. The molecule has 1 aliphatic rings. The Balaban J connectivity index is 1.38. The molecule has 2 heterocycles. The van der Waals surface area contributed by atoms with E-state index in [1.807, 2.05) is 0 Å². The smallest absolute Gasteiger partial charge is 0.191 e. The molecular weight excluding hydrogens is 384 g/mol. The number of guanidine groups is 1. The maximum absolute atomic E-state index is 4.83. The second kappa shape index (κ2) is 10.4. The van der Waals surface area contributed by atoms with Crippen molar-refractivity contribution in [3.8, 4) is 0 Å². The molecule has 2 N–H and O–H groups in total.